The Morgan fingerprint density at radius 1 is 1.09 bits per heavy atom. The van der Waals surface area contributed by atoms with Gasteiger partial charge in [0, 0.05) is 13.1 Å². The lowest BCUT2D eigenvalue weighted by Gasteiger charge is -2.18. The van der Waals surface area contributed by atoms with Gasteiger partial charge >= 0.3 is 0 Å². The summed E-state index contributed by atoms with van der Waals surface area (Å²) in [4.78, 5) is 36.2. The van der Waals surface area contributed by atoms with Gasteiger partial charge in [-0.25, -0.2) is 8.42 Å². The first kappa shape index (κ1) is 24.4. The first-order valence-corrected chi connectivity index (χ1v) is 12.0. The molecule has 0 bridgehead atoms. The van der Waals surface area contributed by atoms with Crippen molar-refractivity contribution in [3.63, 3.8) is 0 Å². The van der Waals surface area contributed by atoms with E-state index >= 15 is 0 Å². The van der Waals surface area contributed by atoms with Crippen LogP contribution in [0.5, 0.6) is 5.75 Å². The number of nitrogens with one attached hydrogen (secondary N) is 1. The molecule has 3 rings (SSSR count). The predicted molar refractivity (Wildman–Crippen MR) is 121 cm³/mol. The number of sulfonamides is 1. The van der Waals surface area contributed by atoms with E-state index in [1.54, 1.807) is 0 Å². The summed E-state index contributed by atoms with van der Waals surface area (Å²) in [5.74, 6) is -1.66. The van der Waals surface area contributed by atoms with Crippen molar-refractivity contribution in [2.24, 2.45) is 5.73 Å². The number of primary amides is 1. The molecule has 0 aromatic heterocycles. The van der Waals surface area contributed by atoms with Gasteiger partial charge in [-0.3, -0.25) is 14.4 Å². The molecular weight excluding hydrogens is 446 g/mol. The summed E-state index contributed by atoms with van der Waals surface area (Å²) < 4.78 is 32.3. The van der Waals surface area contributed by atoms with E-state index in [9.17, 15) is 22.8 Å². The number of ketones is 1. The van der Waals surface area contributed by atoms with Crippen LogP contribution in [0.15, 0.2) is 53.4 Å². The molecule has 2 amide bonds. The smallest absolute Gasteiger partial charge is 0.258 e. The number of hydrogen-bond acceptors (Lipinski definition) is 6. The molecule has 10 heteroatoms. The molecule has 1 heterocycles. The van der Waals surface area contributed by atoms with Gasteiger partial charge in [0.15, 0.2) is 12.4 Å². The zero-order chi connectivity index (χ0) is 24.0. The highest BCUT2D eigenvalue weighted by Crippen LogP contribution is 2.26. The largest absolute Gasteiger partial charge is 0.483 e. The van der Waals surface area contributed by atoms with Crippen LogP contribution in [0, 0.1) is 0 Å². The maximum absolute atomic E-state index is 12.8. The highest BCUT2D eigenvalue weighted by Gasteiger charge is 2.28. The molecule has 1 atom stereocenters. The van der Waals surface area contributed by atoms with Crippen molar-refractivity contribution in [2.75, 3.05) is 19.7 Å². The second-order valence-electron chi connectivity index (χ2n) is 7.84. The summed E-state index contributed by atoms with van der Waals surface area (Å²) in [6, 6.07) is 12.3. The topological polar surface area (TPSA) is 136 Å². The number of Topliss-reactive ketones (excluding diaryl/α,β-unsaturated/α-hetero) is 1. The van der Waals surface area contributed by atoms with Crippen molar-refractivity contribution in [2.45, 2.75) is 37.1 Å². The van der Waals surface area contributed by atoms with Crippen LogP contribution in [0.4, 0.5) is 0 Å². The van der Waals surface area contributed by atoms with E-state index in [0.29, 0.717) is 19.5 Å². The monoisotopic (exact) mass is 473 g/mol. The van der Waals surface area contributed by atoms with Gasteiger partial charge in [-0.2, -0.15) is 4.31 Å². The van der Waals surface area contributed by atoms with Gasteiger partial charge in [-0.1, -0.05) is 30.3 Å². The van der Waals surface area contributed by atoms with Crippen LogP contribution in [0.3, 0.4) is 0 Å². The number of hydrogen-bond donors (Lipinski definition) is 2. The van der Waals surface area contributed by atoms with Crippen molar-refractivity contribution in [3.8, 4) is 5.75 Å². The maximum Gasteiger partial charge on any atom is 0.258 e. The molecular formula is C23H27N3O6S. The van der Waals surface area contributed by atoms with Gasteiger partial charge in [0.2, 0.25) is 10.0 Å². The minimum absolute atomic E-state index is 0.0135. The molecule has 1 fully saturated rings. The first-order valence-electron chi connectivity index (χ1n) is 10.6. The lowest BCUT2D eigenvalue weighted by molar-refractivity contribution is -0.128. The summed E-state index contributed by atoms with van der Waals surface area (Å²) in [5, 5.41) is 2.62. The van der Waals surface area contributed by atoms with Crippen LogP contribution < -0.4 is 15.8 Å². The highest BCUT2D eigenvalue weighted by atomic mass is 32.2. The van der Waals surface area contributed by atoms with Crippen LogP contribution >= 0.6 is 0 Å². The summed E-state index contributed by atoms with van der Waals surface area (Å²) in [6.07, 6.45) is 1.89. The molecule has 0 spiro atoms. The van der Waals surface area contributed by atoms with Gasteiger partial charge in [0.05, 0.1) is 16.5 Å². The van der Waals surface area contributed by atoms with Crippen molar-refractivity contribution in [1.82, 2.24) is 9.62 Å². The van der Waals surface area contributed by atoms with E-state index in [4.69, 9.17) is 10.5 Å². The molecule has 0 radical (unpaired) electrons. The minimum atomic E-state index is -3.74. The van der Waals surface area contributed by atoms with Gasteiger partial charge < -0.3 is 15.8 Å². The van der Waals surface area contributed by atoms with E-state index < -0.39 is 34.5 Å². The molecule has 33 heavy (non-hydrogen) atoms. The summed E-state index contributed by atoms with van der Waals surface area (Å²) in [5.41, 5.74) is 6.17. The second-order valence-corrected chi connectivity index (χ2v) is 9.78. The average Bonchev–Trinajstić information content (AvgIpc) is 3.33. The second kappa shape index (κ2) is 10.6. The lowest BCUT2D eigenvalue weighted by Crippen LogP contribution is -2.43. The van der Waals surface area contributed by atoms with Crippen LogP contribution in [0.1, 0.15) is 35.7 Å². The number of benzene rings is 2. The zero-order valence-corrected chi connectivity index (χ0v) is 19.1. The van der Waals surface area contributed by atoms with Crippen LogP contribution in [-0.4, -0.2) is 56.1 Å². The third kappa shape index (κ3) is 6.17. The van der Waals surface area contributed by atoms with Crippen LogP contribution in [0.2, 0.25) is 0 Å². The van der Waals surface area contributed by atoms with Crippen LogP contribution in [-0.2, 0) is 26.0 Å². The fraction of sp³-hybridized carbons (Fsp3) is 0.348. The highest BCUT2D eigenvalue weighted by molar-refractivity contribution is 7.89. The van der Waals surface area contributed by atoms with E-state index in [1.165, 1.54) is 23.4 Å². The number of carbonyl (C=O) groups excluding carboxylic acids is 3. The minimum Gasteiger partial charge on any atom is -0.483 e. The van der Waals surface area contributed by atoms with E-state index in [2.05, 4.69) is 5.32 Å². The number of ether oxygens (including phenoxy) is 1. The Hall–Kier alpha value is -3.24. The van der Waals surface area contributed by atoms with E-state index in [1.807, 2.05) is 30.3 Å². The Balaban J connectivity index is 1.69. The average molecular weight is 474 g/mol. The van der Waals surface area contributed by atoms with Gasteiger partial charge in [0.1, 0.15) is 5.75 Å². The molecule has 2 aromatic rings. The SMILES string of the molecule is CC(=O)[C@H](Cc1ccccc1)NC(=O)COc1ccc(S(=O)(=O)N2CCCC2)cc1C(N)=O. The third-order valence-electron chi connectivity index (χ3n) is 5.39. The molecule has 2 aromatic carbocycles. The number of nitrogens with two attached hydrogens (primary N) is 1. The summed E-state index contributed by atoms with van der Waals surface area (Å²) >= 11 is 0. The zero-order valence-electron chi connectivity index (χ0n) is 18.3. The Morgan fingerprint density at radius 2 is 1.76 bits per heavy atom. The molecule has 1 aliphatic heterocycles. The molecule has 1 aliphatic rings. The predicted octanol–water partition coefficient (Wildman–Crippen LogP) is 1.27. The van der Waals surface area contributed by atoms with Crippen LogP contribution in [0.25, 0.3) is 0 Å². The van der Waals surface area contributed by atoms with Crippen molar-refractivity contribution in [1.29, 1.82) is 0 Å². The maximum atomic E-state index is 12.8. The Morgan fingerprint density at radius 3 is 2.36 bits per heavy atom. The fourth-order valence-corrected chi connectivity index (χ4v) is 5.13. The molecule has 1 saturated heterocycles. The first-order chi connectivity index (χ1) is 15.7. The Kier molecular flexibility index (Phi) is 7.83. The summed E-state index contributed by atoms with van der Waals surface area (Å²) in [6.45, 7) is 1.76. The summed E-state index contributed by atoms with van der Waals surface area (Å²) in [7, 11) is -3.74. The number of rotatable bonds is 10. The molecule has 176 valence electrons. The number of nitrogens with zero attached hydrogens (tertiary/aromatic N) is 1. The molecule has 9 nitrogen and oxygen atoms in total. The lowest BCUT2D eigenvalue weighted by atomic mass is 10.0. The van der Waals surface area contributed by atoms with E-state index in [0.717, 1.165) is 24.5 Å². The Bertz CT molecular complexity index is 1130. The fourth-order valence-electron chi connectivity index (χ4n) is 3.59. The van der Waals surface area contributed by atoms with Crippen molar-refractivity contribution >= 4 is 27.6 Å². The quantitative estimate of drug-likeness (QED) is 0.533. The molecule has 0 aliphatic carbocycles. The van der Waals surface area contributed by atoms with Crippen molar-refractivity contribution in [3.05, 3.63) is 59.7 Å². The molecule has 0 saturated carbocycles. The van der Waals surface area contributed by atoms with Gasteiger partial charge in [0.25, 0.3) is 11.8 Å². The Labute approximate surface area is 193 Å². The van der Waals surface area contributed by atoms with Crippen molar-refractivity contribution < 1.29 is 27.5 Å². The van der Waals surface area contributed by atoms with E-state index in [-0.39, 0.29) is 22.0 Å². The third-order valence-corrected chi connectivity index (χ3v) is 7.28. The molecule has 3 N–H and O–H groups in total. The van der Waals surface area contributed by atoms with Gasteiger partial charge in [-0.05, 0) is 49.9 Å². The standard InChI is InChI=1S/C23H27N3O6S/c1-16(27)20(13-17-7-3-2-4-8-17)25-22(28)15-32-21-10-9-18(14-19(21)23(24)29)33(30,31)26-11-5-6-12-26/h2-4,7-10,14,20H,5-6,11-13,15H2,1H3,(H2,24,29)(H,25,28)/t20-/m0/s1. The van der Waals surface area contributed by atoms with Gasteiger partial charge in [-0.15, -0.1) is 0 Å². The number of carbonyl (C=O) groups is 3. The normalized spacial score (nSPS) is 15.1. The number of amides is 2. The molecule has 0 unspecified atom stereocenters.